The largest absolute Gasteiger partial charge is 0.335 e. The lowest BCUT2D eigenvalue weighted by Crippen LogP contribution is -2.62. The molecule has 0 saturated carbocycles. The summed E-state index contributed by atoms with van der Waals surface area (Å²) in [6.07, 6.45) is 1.77. The van der Waals surface area contributed by atoms with Gasteiger partial charge in [-0.15, -0.1) is 0 Å². The van der Waals surface area contributed by atoms with Crippen LogP contribution in [-0.2, 0) is 0 Å². The van der Waals surface area contributed by atoms with Crippen molar-refractivity contribution in [3.05, 3.63) is 29.8 Å². The van der Waals surface area contributed by atoms with Crippen LogP contribution in [0, 0.1) is 11.3 Å². The van der Waals surface area contributed by atoms with Gasteiger partial charge in [0.25, 0.3) is 0 Å². The van der Waals surface area contributed by atoms with Gasteiger partial charge in [-0.3, -0.25) is 0 Å². The summed E-state index contributed by atoms with van der Waals surface area (Å²) in [5, 5.41) is 18.2. The van der Waals surface area contributed by atoms with E-state index in [1.807, 2.05) is 0 Å². The van der Waals surface area contributed by atoms with E-state index in [4.69, 9.17) is 5.26 Å². The Balaban J connectivity index is 1.95. The number of hydrogen-bond acceptors (Lipinski definition) is 3. The van der Waals surface area contributed by atoms with E-state index in [1.165, 1.54) is 0 Å². The minimum absolute atomic E-state index is 0.00581. The second kappa shape index (κ2) is 5.98. The normalized spacial score (nSPS) is 20.0. The second-order valence-electron chi connectivity index (χ2n) is 7.29. The number of nitrogens with one attached hydrogen (secondary N) is 3. The molecule has 1 saturated heterocycles. The molecule has 22 heavy (non-hydrogen) atoms. The number of hydrogen-bond donors (Lipinski definition) is 3. The lowest BCUT2D eigenvalue weighted by Gasteiger charge is -2.46. The number of carbonyl (C=O) groups is 1. The number of nitrogens with zero attached hydrogens (tertiary/aromatic N) is 1. The second-order valence-corrected chi connectivity index (χ2v) is 7.29. The van der Waals surface area contributed by atoms with Crippen LogP contribution >= 0.6 is 0 Å². The van der Waals surface area contributed by atoms with E-state index in [-0.39, 0.29) is 23.2 Å². The fraction of sp³-hybridized carbons (Fsp3) is 0.529. The Morgan fingerprint density at radius 2 is 1.73 bits per heavy atom. The quantitative estimate of drug-likeness (QED) is 0.786. The standard InChI is InChI=1S/C17H24N4O/c1-16(2)9-14(10-17(3,4)21-16)20-15(22)19-13-7-5-12(11-18)6-8-13/h5-8,14,21H,9-10H2,1-4H3,(H2,19,20,22). The van der Waals surface area contributed by atoms with Gasteiger partial charge >= 0.3 is 6.03 Å². The van der Waals surface area contributed by atoms with Gasteiger partial charge in [0.05, 0.1) is 11.6 Å². The van der Waals surface area contributed by atoms with Gasteiger partial charge in [0.15, 0.2) is 0 Å². The molecule has 1 aliphatic rings. The SMILES string of the molecule is CC1(C)CC(NC(=O)Nc2ccc(C#N)cc2)CC(C)(C)N1. The molecule has 0 atom stereocenters. The Labute approximate surface area is 132 Å². The first kappa shape index (κ1) is 16.3. The summed E-state index contributed by atoms with van der Waals surface area (Å²) in [6, 6.07) is 8.81. The van der Waals surface area contributed by atoms with Crippen molar-refractivity contribution < 1.29 is 4.79 Å². The summed E-state index contributed by atoms with van der Waals surface area (Å²) in [7, 11) is 0. The number of benzene rings is 1. The maximum Gasteiger partial charge on any atom is 0.319 e. The van der Waals surface area contributed by atoms with Crippen molar-refractivity contribution in [1.82, 2.24) is 10.6 Å². The van der Waals surface area contributed by atoms with Gasteiger partial charge in [-0.1, -0.05) is 0 Å². The van der Waals surface area contributed by atoms with Gasteiger partial charge in [0.1, 0.15) is 0 Å². The van der Waals surface area contributed by atoms with Gasteiger partial charge in [-0.2, -0.15) is 5.26 Å². The first-order valence-electron chi connectivity index (χ1n) is 7.56. The van der Waals surface area contributed by atoms with Crippen molar-refractivity contribution in [3.8, 4) is 6.07 Å². The Morgan fingerprint density at radius 3 is 2.23 bits per heavy atom. The van der Waals surface area contributed by atoms with Crippen molar-refractivity contribution >= 4 is 11.7 Å². The molecule has 0 radical (unpaired) electrons. The summed E-state index contributed by atoms with van der Waals surface area (Å²) in [5.41, 5.74) is 1.25. The third-order valence-electron chi connectivity index (χ3n) is 3.80. The molecule has 0 aromatic heterocycles. The molecule has 3 N–H and O–H groups in total. The lowest BCUT2D eigenvalue weighted by molar-refractivity contribution is 0.149. The molecule has 1 fully saturated rings. The average Bonchev–Trinajstić information content (AvgIpc) is 2.35. The zero-order valence-corrected chi connectivity index (χ0v) is 13.7. The smallest absolute Gasteiger partial charge is 0.319 e. The molecule has 5 heteroatoms. The summed E-state index contributed by atoms with van der Waals surface area (Å²) < 4.78 is 0. The van der Waals surface area contributed by atoms with E-state index in [1.54, 1.807) is 24.3 Å². The molecule has 1 heterocycles. The van der Waals surface area contributed by atoms with Crippen molar-refractivity contribution in [2.45, 2.75) is 57.7 Å². The molecule has 1 aromatic carbocycles. The molecular formula is C17H24N4O. The van der Waals surface area contributed by atoms with Crippen LogP contribution in [0.3, 0.4) is 0 Å². The van der Waals surface area contributed by atoms with Gasteiger partial charge in [0, 0.05) is 22.8 Å². The fourth-order valence-electron chi connectivity index (χ4n) is 3.41. The van der Waals surface area contributed by atoms with Crippen LogP contribution < -0.4 is 16.0 Å². The number of anilines is 1. The van der Waals surface area contributed by atoms with Crippen LogP contribution in [-0.4, -0.2) is 23.2 Å². The molecule has 0 bridgehead atoms. The van der Waals surface area contributed by atoms with Crippen LogP contribution in [0.25, 0.3) is 0 Å². The monoisotopic (exact) mass is 300 g/mol. The Hall–Kier alpha value is -2.06. The van der Waals surface area contributed by atoms with Crippen LogP contribution in [0.15, 0.2) is 24.3 Å². The highest BCUT2D eigenvalue weighted by Crippen LogP contribution is 2.28. The molecule has 0 spiro atoms. The number of amides is 2. The van der Waals surface area contributed by atoms with Crippen LogP contribution in [0.4, 0.5) is 10.5 Å². The molecular weight excluding hydrogens is 276 g/mol. The van der Waals surface area contributed by atoms with E-state index in [2.05, 4.69) is 49.7 Å². The predicted octanol–water partition coefficient (Wildman–Crippen LogP) is 2.99. The first-order valence-corrected chi connectivity index (χ1v) is 7.56. The Bertz CT molecular complexity index is 568. The maximum atomic E-state index is 12.1. The van der Waals surface area contributed by atoms with Gasteiger partial charge in [0.2, 0.25) is 0 Å². The van der Waals surface area contributed by atoms with Crippen molar-refractivity contribution in [2.75, 3.05) is 5.32 Å². The minimum Gasteiger partial charge on any atom is -0.335 e. The lowest BCUT2D eigenvalue weighted by atomic mass is 9.80. The highest BCUT2D eigenvalue weighted by Gasteiger charge is 2.38. The third-order valence-corrected chi connectivity index (χ3v) is 3.80. The molecule has 0 unspecified atom stereocenters. The van der Waals surface area contributed by atoms with Crippen molar-refractivity contribution in [1.29, 1.82) is 5.26 Å². The Morgan fingerprint density at radius 1 is 1.18 bits per heavy atom. The van der Waals surface area contributed by atoms with Crippen molar-refractivity contribution in [3.63, 3.8) is 0 Å². The highest BCUT2D eigenvalue weighted by atomic mass is 16.2. The van der Waals surface area contributed by atoms with E-state index >= 15 is 0 Å². The molecule has 2 rings (SSSR count). The maximum absolute atomic E-state index is 12.1. The minimum atomic E-state index is -0.205. The van der Waals surface area contributed by atoms with Crippen LogP contribution in [0.1, 0.15) is 46.1 Å². The van der Waals surface area contributed by atoms with E-state index < -0.39 is 0 Å². The van der Waals surface area contributed by atoms with E-state index in [9.17, 15) is 4.79 Å². The zero-order chi connectivity index (χ0) is 16.4. The number of nitriles is 1. The molecule has 118 valence electrons. The summed E-state index contributed by atoms with van der Waals surface area (Å²) in [5.74, 6) is 0. The predicted molar refractivity (Wildman–Crippen MR) is 87.6 cm³/mol. The van der Waals surface area contributed by atoms with Crippen LogP contribution in [0.2, 0.25) is 0 Å². The number of rotatable bonds is 2. The fourth-order valence-corrected chi connectivity index (χ4v) is 3.41. The first-order chi connectivity index (χ1) is 10.2. The van der Waals surface area contributed by atoms with Gasteiger partial charge in [-0.25, -0.2) is 4.79 Å². The molecule has 5 nitrogen and oxygen atoms in total. The zero-order valence-electron chi connectivity index (χ0n) is 13.7. The molecule has 1 aromatic rings. The number of carbonyl (C=O) groups excluding carboxylic acids is 1. The summed E-state index contributed by atoms with van der Waals surface area (Å²) in [4.78, 5) is 12.1. The highest BCUT2D eigenvalue weighted by molar-refractivity contribution is 5.89. The third kappa shape index (κ3) is 4.47. The molecule has 0 aliphatic carbocycles. The van der Waals surface area contributed by atoms with E-state index in [0.717, 1.165) is 12.8 Å². The van der Waals surface area contributed by atoms with E-state index in [0.29, 0.717) is 11.3 Å². The topological polar surface area (TPSA) is 77.0 Å². The van der Waals surface area contributed by atoms with Crippen LogP contribution in [0.5, 0.6) is 0 Å². The van der Waals surface area contributed by atoms with Crippen molar-refractivity contribution in [2.24, 2.45) is 0 Å². The van der Waals surface area contributed by atoms with Gasteiger partial charge < -0.3 is 16.0 Å². The number of urea groups is 1. The summed E-state index contributed by atoms with van der Waals surface area (Å²) >= 11 is 0. The average molecular weight is 300 g/mol. The Kier molecular flexibility index (Phi) is 4.43. The van der Waals surface area contributed by atoms with Gasteiger partial charge in [-0.05, 0) is 64.8 Å². The summed E-state index contributed by atoms with van der Waals surface area (Å²) in [6.45, 7) is 8.62. The molecule has 1 aliphatic heterocycles. The number of piperidine rings is 1. The molecule has 2 amide bonds.